The number of sulfone groups is 1. The number of hydrogen-bond acceptors (Lipinski definition) is 4. The van der Waals surface area contributed by atoms with Crippen molar-refractivity contribution in [2.75, 3.05) is 0 Å². The average Bonchev–Trinajstić information content (AvgIpc) is 2.62. The lowest BCUT2D eigenvalue weighted by Gasteiger charge is -2.16. The van der Waals surface area contributed by atoms with Crippen LogP contribution in [0.4, 0.5) is 0 Å². The molecule has 0 fully saturated rings. The summed E-state index contributed by atoms with van der Waals surface area (Å²) in [6.07, 6.45) is 0.858. The van der Waals surface area contributed by atoms with Crippen LogP contribution in [0.2, 0.25) is 0 Å². The van der Waals surface area contributed by atoms with Gasteiger partial charge >= 0.3 is 5.97 Å². The zero-order valence-electron chi connectivity index (χ0n) is 10.7. The number of carboxylic acid groups (broad SMARTS) is 1. The highest BCUT2D eigenvalue weighted by atomic mass is 32.2. The summed E-state index contributed by atoms with van der Waals surface area (Å²) in [5.74, 6) is -1.89. The van der Waals surface area contributed by atoms with Gasteiger partial charge in [0, 0.05) is 9.75 Å². The van der Waals surface area contributed by atoms with E-state index in [1.165, 1.54) is 11.3 Å². The Kier molecular flexibility index (Phi) is 4.92. The molecule has 1 heterocycles. The molecular weight excluding hydrogens is 272 g/mol. The number of aryl methyl sites for hydroxylation is 1. The van der Waals surface area contributed by atoms with Crippen molar-refractivity contribution < 1.29 is 18.3 Å². The second-order valence-corrected chi connectivity index (χ2v) is 7.91. The highest BCUT2D eigenvalue weighted by Crippen LogP contribution is 2.23. The first-order chi connectivity index (χ1) is 8.27. The van der Waals surface area contributed by atoms with Gasteiger partial charge in [0.15, 0.2) is 15.1 Å². The SMILES string of the molecule is CCc1ccc(CS(=O)(=O)C(C(=O)O)C(C)C)s1. The van der Waals surface area contributed by atoms with Crippen molar-refractivity contribution in [1.82, 2.24) is 0 Å². The fraction of sp³-hybridized carbons (Fsp3) is 0.583. The van der Waals surface area contributed by atoms with Crippen molar-refractivity contribution in [2.45, 2.75) is 38.2 Å². The zero-order valence-corrected chi connectivity index (χ0v) is 12.3. The Morgan fingerprint density at radius 3 is 2.28 bits per heavy atom. The molecule has 0 aliphatic heterocycles. The van der Waals surface area contributed by atoms with Crippen LogP contribution in [-0.4, -0.2) is 24.7 Å². The Balaban J connectivity index is 2.96. The molecule has 1 N–H and O–H groups in total. The molecule has 0 spiro atoms. The van der Waals surface area contributed by atoms with Gasteiger partial charge in [0.05, 0.1) is 5.75 Å². The van der Waals surface area contributed by atoms with E-state index in [9.17, 15) is 13.2 Å². The van der Waals surface area contributed by atoms with Crippen LogP contribution in [0.15, 0.2) is 12.1 Å². The first-order valence-corrected chi connectivity index (χ1v) is 8.33. The summed E-state index contributed by atoms with van der Waals surface area (Å²) in [4.78, 5) is 12.9. The van der Waals surface area contributed by atoms with E-state index in [0.29, 0.717) is 4.88 Å². The van der Waals surface area contributed by atoms with Gasteiger partial charge < -0.3 is 5.11 Å². The molecule has 0 aromatic carbocycles. The van der Waals surface area contributed by atoms with Crippen molar-refractivity contribution >= 4 is 27.1 Å². The Hall–Kier alpha value is -0.880. The maximum absolute atomic E-state index is 12.1. The van der Waals surface area contributed by atoms with Gasteiger partial charge in [-0.2, -0.15) is 0 Å². The number of aliphatic carboxylic acids is 1. The minimum Gasteiger partial charge on any atom is -0.480 e. The fourth-order valence-corrected chi connectivity index (χ4v) is 5.12. The van der Waals surface area contributed by atoms with Crippen LogP contribution in [0.3, 0.4) is 0 Å². The van der Waals surface area contributed by atoms with E-state index in [2.05, 4.69) is 0 Å². The summed E-state index contributed by atoms with van der Waals surface area (Å²) in [6, 6.07) is 3.65. The molecule has 1 aromatic rings. The largest absolute Gasteiger partial charge is 0.480 e. The van der Waals surface area contributed by atoms with Crippen LogP contribution in [0.25, 0.3) is 0 Å². The van der Waals surface area contributed by atoms with Crippen LogP contribution in [0, 0.1) is 5.92 Å². The fourth-order valence-electron chi connectivity index (χ4n) is 1.83. The molecule has 0 saturated carbocycles. The van der Waals surface area contributed by atoms with E-state index < -0.39 is 27.0 Å². The first kappa shape index (κ1) is 15.2. The molecule has 0 saturated heterocycles. The molecule has 0 aliphatic carbocycles. The van der Waals surface area contributed by atoms with Gasteiger partial charge in [-0.05, 0) is 24.5 Å². The van der Waals surface area contributed by atoms with Crippen molar-refractivity contribution in [3.8, 4) is 0 Å². The molecule has 18 heavy (non-hydrogen) atoms. The van der Waals surface area contributed by atoms with E-state index in [1.807, 2.05) is 13.0 Å². The number of rotatable bonds is 6. The smallest absolute Gasteiger partial charge is 0.322 e. The minimum atomic E-state index is -3.66. The molecular formula is C12H18O4S2. The van der Waals surface area contributed by atoms with Gasteiger partial charge in [-0.3, -0.25) is 4.79 Å². The normalized spacial score (nSPS) is 13.8. The van der Waals surface area contributed by atoms with E-state index in [0.717, 1.165) is 11.3 Å². The van der Waals surface area contributed by atoms with Gasteiger partial charge in [0.1, 0.15) is 0 Å². The van der Waals surface area contributed by atoms with Crippen LogP contribution in [0.5, 0.6) is 0 Å². The molecule has 102 valence electrons. The van der Waals surface area contributed by atoms with Crippen LogP contribution < -0.4 is 0 Å². The van der Waals surface area contributed by atoms with Gasteiger partial charge in [0.2, 0.25) is 0 Å². The summed E-state index contributed by atoms with van der Waals surface area (Å²) >= 11 is 1.43. The Morgan fingerprint density at radius 1 is 1.33 bits per heavy atom. The van der Waals surface area contributed by atoms with Crippen LogP contribution in [0.1, 0.15) is 30.5 Å². The Bertz CT molecular complexity index is 514. The highest BCUT2D eigenvalue weighted by Gasteiger charge is 2.35. The topological polar surface area (TPSA) is 71.4 Å². The highest BCUT2D eigenvalue weighted by molar-refractivity contribution is 7.92. The second-order valence-electron chi connectivity index (χ2n) is 4.53. The number of thiophene rings is 1. The third kappa shape index (κ3) is 3.55. The van der Waals surface area contributed by atoms with E-state index in [1.54, 1.807) is 19.9 Å². The van der Waals surface area contributed by atoms with Gasteiger partial charge in [-0.15, -0.1) is 11.3 Å². The van der Waals surface area contributed by atoms with Gasteiger partial charge in [0.25, 0.3) is 0 Å². The van der Waals surface area contributed by atoms with Crippen molar-refractivity contribution in [1.29, 1.82) is 0 Å². The predicted octanol–water partition coefficient (Wildman–Crippen LogP) is 2.33. The molecule has 0 bridgehead atoms. The van der Waals surface area contributed by atoms with E-state index in [-0.39, 0.29) is 5.75 Å². The molecule has 1 aromatic heterocycles. The third-order valence-corrected chi connectivity index (χ3v) is 6.29. The molecule has 0 amide bonds. The number of hydrogen-bond donors (Lipinski definition) is 1. The number of carbonyl (C=O) groups is 1. The molecule has 4 nitrogen and oxygen atoms in total. The summed E-state index contributed by atoms with van der Waals surface area (Å²) in [7, 11) is -3.66. The number of carboxylic acids is 1. The molecule has 1 unspecified atom stereocenters. The third-order valence-electron chi connectivity index (χ3n) is 2.64. The lowest BCUT2D eigenvalue weighted by atomic mass is 10.1. The van der Waals surface area contributed by atoms with E-state index >= 15 is 0 Å². The lowest BCUT2D eigenvalue weighted by Crippen LogP contribution is -2.35. The Morgan fingerprint density at radius 2 is 1.89 bits per heavy atom. The standard InChI is InChI=1S/C12H18O4S2/c1-4-9-5-6-10(17-9)7-18(15,16)11(8(2)3)12(13)14/h5-6,8,11H,4,7H2,1-3H3,(H,13,14). The monoisotopic (exact) mass is 290 g/mol. The molecule has 1 atom stereocenters. The summed E-state index contributed by atoms with van der Waals surface area (Å²) < 4.78 is 24.2. The average molecular weight is 290 g/mol. The van der Waals surface area contributed by atoms with Crippen LogP contribution >= 0.6 is 11.3 Å². The Labute approximate surface area is 112 Å². The summed E-state index contributed by atoms with van der Waals surface area (Å²) in [6.45, 7) is 5.22. The van der Waals surface area contributed by atoms with Gasteiger partial charge in [-0.1, -0.05) is 20.8 Å². The minimum absolute atomic E-state index is 0.188. The molecule has 0 aliphatic rings. The lowest BCUT2D eigenvalue weighted by molar-refractivity contribution is -0.137. The van der Waals surface area contributed by atoms with Gasteiger partial charge in [-0.25, -0.2) is 8.42 Å². The van der Waals surface area contributed by atoms with Crippen molar-refractivity contribution in [3.63, 3.8) is 0 Å². The van der Waals surface area contributed by atoms with Crippen molar-refractivity contribution in [2.24, 2.45) is 5.92 Å². The zero-order chi connectivity index (χ0) is 13.9. The predicted molar refractivity (Wildman–Crippen MR) is 72.6 cm³/mol. The molecule has 0 radical (unpaired) electrons. The first-order valence-electron chi connectivity index (χ1n) is 5.80. The van der Waals surface area contributed by atoms with Crippen LogP contribution in [-0.2, 0) is 26.8 Å². The maximum atomic E-state index is 12.1. The molecule has 1 rings (SSSR count). The quantitative estimate of drug-likeness (QED) is 0.873. The second kappa shape index (κ2) is 5.84. The van der Waals surface area contributed by atoms with E-state index in [4.69, 9.17) is 5.11 Å². The maximum Gasteiger partial charge on any atom is 0.322 e. The summed E-state index contributed by atoms with van der Waals surface area (Å²) in [5.41, 5.74) is 0. The van der Waals surface area contributed by atoms with Crippen molar-refractivity contribution in [3.05, 3.63) is 21.9 Å². The molecule has 6 heteroatoms. The summed E-state index contributed by atoms with van der Waals surface area (Å²) in [5, 5.41) is 7.70.